The van der Waals surface area contributed by atoms with Gasteiger partial charge in [0.05, 0.1) is 0 Å². The molecule has 0 amide bonds. The number of esters is 3. The van der Waals surface area contributed by atoms with Gasteiger partial charge in [0.1, 0.15) is 13.2 Å². The summed E-state index contributed by atoms with van der Waals surface area (Å²) in [5, 5.41) is 0. The molecule has 0 bridgehead atoms. The molecule has 0 radical (unpaired) electrons. The van der Waals surface area contributed by atoms with E-state index >= 15 is 0 Å². The molecule has 0 aromatic heterocycles. The van der Waals surface area contributed by atoms with Gasteiger partial charge in [0.25, 0.3) is 0 Å². The van der Waals surface area contributed by atoms with Crippen LogP contribution in [-0.2, 0) is 28.6 Å². The number of rotatable bonds is 53. The molecular formula is C59H114O6. The Kier molecular flexibility index (Phi) is 50.5. The topological polar surface area (TPSA) is 78.9 Å². The van der Waals surface area contributed by atoms with Crippen LogP contribution in [0.15, 0.2) is 0 Å². The average Bonchev–Trinajstić information content (AvgIpc) is 3.28. The van der Waals surface area contributed by atoms with Gasteiger partial charge in [0, 0.05) is 19.3 Å². The first kappa shape index (κ1) is 63.4. The minimum absolute atomic E-state index is 0.0633. The summed E-state index contributed by atoms with van der Waals surface area (Å²) in [7, 11) is 0. The molecule has 1 atom stereocenters. The smallest absolute Gasteiger partial charge is 0.306 e. The number of carbonyl (C=O) groups is 3. The zero-order chi connectivity index (χ0) is 47.5. The van der Waals surface area contributed by atoms with Crippen LogP contribution in [0.25, 0.3) is 0 Å². The highest BCUT2D eigenvalue weighted by atomic mass is 16.6. The van der Waals surface area contributed by atoms with Crippen molar-refractivity contribution in [2.75, 3.05) is 13.2 Å². The SMILES string of the molecule is CCCCCCCCCCCCCCCCCCCCC(=O)O[C@@H](COC(=O)CCCCCCCCCCCCCCCCCCC(C)C)COC(=O)CCCCCCCCCC(C)C. The lowest BCUT2D eigenvalue weighted by molar-refractivity contribution is -0.167. The third-order valence-electron chi connectivity index (χ3n) is 13.5. The second-order valence-electron chi connectivity index (χ2n) is 21.2. The fourth-order valence-corrected chi connectivity index (χ4v) is 9.05. The molecule has 0 rings (SSSR count). The molecule has 0 aromatic rings. The number of hydrogen-bond acceptors (Lipinski definition) is 6. The molecule has 0 saturated carbocycles. The zero-order valence-electron chi connectivity index (χ0n) is 44.6. The van der Waals surface area contributed by atoms with Crippen molar-refractivity contribution in [2.45, 2.75) is 336 Å². The molecule has 0 N–H and O–H groups in total. The maximum Gasteiger partial charge on any atom is 0.306 e. The van der Waals surface area contributed by atoms with Crippen molar-refractivity contribution in [3.63, 3.8) is 0 Å². The Morgan fingerprint density at radius 2 is 0.508 bits per heavy atom. The molecule has 6 heteroatoms. The van der Waals surface area contributed by atoms with E-state index in [2.05, 4.69) is 34.6 Å². The van der Waals surface area contributed by atoms with E-state index in [-0.39, 0.29) is 31.1 Å². The third-order valence-corrected chi connectivity index (χ3v) is 13.5. The Morgan fingerprint density at radius 1 is 0.292 bits per heavy atom. The molecule has 0 aliphatic heterocycles. The number of ether oxygens (including phenoxy) is 3. The molecule has 0 aromatic carbocycles. The molecule has 0 aliphatic carbocycles. The monoisotopic (exact) mass is 919 g/mol. The highest BCUT2D eigenvalue weighted by molar-refractivity contribution is 5.71. The number of carbonyl (C=O) groups excluding carboxylic acids is 3. The van der Waals surface area contributed by atoms with Crippen LogP contribution in [0.1, 0.15) is 330 Å². The van der Waals surface area contributed by atoms with Crippen molar-refractivity contribution >= 4 is 17.9 Å². The first-order valence-electron chi connectivity index (χ1n) is 29.2. The highest BCUT2D eigenvalue weighted by Crippen LogP contribution is 2.18. The summed E-state index contributed by atoms with van der Waals surface area (Å²) in [6.45, 7) is 11.4. The Balaban J connectivity index is 4.23. The summed E-state index contributed by atoms with van der Waals surface area (Å²) < 4.78 is 16.9. The van der Waals surface area contributed by atoms with Crippen molar-refractivity contribution in [3.8, 4) is 0 Å². The Bertz CT molecular complexity index is 993. The van der Waals surface area contributed by atoms with Gasteiger partial charge < -0.3 is 14.2 Å². The van der Waals surface area contributed by atoms with Crippen molar-refractivity contribution in [1.29, 1.82) is 0 Å². The Morgan fingerprint density at radius 3 is 0.754 bits per heavy atom. The second kappa shape index (κ2) is 51.8. The lowest BCUT2D eigenvalue weighted by Crippen LogP contribution is -2.30. The minimum atomic E-state index is -0.763. The van der Waals surface area contributed by atoms with Crippen LogP contribution < -0.4 is 0 Å². The summed E-state index contributed by atoms with van der Waals surface area (Å²) in [5.41, 5.74) is 0. The van der Waals surface area contributed by atoms with E-state index in [1.165, 1.54) is 218 Å². The highest BCUT2D eigenvalue weighted by Gasteiger charge is 2.19. The molecule has 0 saturated heterocycles. The van der Waals surface area contributed by atoms with Gasteiger partial charge in [-0.25, -0.2) is 0 Å². The van der Waals surface area contributed by atoms with Crippen molar-refractivity contribution in [2.24, 2.45) is 11.8 Å². The Hall–Kier alpha value is -1.59. The molecule has 6 nitrogen and oxygen atoms in total. The van der Waals surface area contributed by atoms with Gasteiger partial charge in [0.15, 0.2) is 6.10 Å². The van der Waals surface area contributed by atoms with E-state index in [0.29, 0.717) is 19.3 Å². The minimum Gasteiger partial charge on any atom is -0.462 e. The summed E-state index contributed by atoms with van der Waals surface area (Å²) in [6, 6.07) is 0. The van der Waals surface area contributed by atoms with Gasteiger partial charge in [-0.15, -0.1) is 0 Å². The van der Waals surface area contributed by atoms with Crippen LogP contribution >= 0.6 is 0 Å². The van der Waals surface area contributed by atoms with E-state index < -0.39 is 6.10 Å². The average molecular weight is 920 g/mol. The van der Waals surface area contributed by atoms with Crippen LogP contribution in [0, 0.1) is 11.8 Å². The van der Waals surface area contributed by atoms with Crippen LogP contribution in [0.3, 0.4) is 0 Å². The summed E-state index contributed by atoms with van der Waals surface area (Å²) in [4.78, 5) is 38.1. The van der Waals surface area contributed by atoms with Crippen LogP contribution in [-0.4, -0.2) is 37.2 Å². The number of hydrogen-bond donors (Lipinski definition) is 0. The lowest BCUT2D eigenvalue weighted by Gasteiger charge is -2.18. The molecule has 0 unspecified atom stereocenters. The largest absolute Gasteiger partial charge is 0.462 e. The lowest BCUT2D eigenvalue weighted by atomic mass is 10.0. The molecule has 0 aliphatic rings. The maximum atomic E-state index is 12.8. The quantitative estimate of drug-likeness (QED) is 0.0344. The van der Waals surface area contributed by atoms with Crippen LogP contribution in [0.5, 0.6) is 0 Å². The standard InChI is InChI=1S/C59H114O6/c1-6-7-8-9-10-11-12-13-14-15-16-21-24-27-30-35-41-46-51-59(62)65-56(53-64-58(61)50-45-40-36-31-33-38-43-48-55(4)5)52-63-57(60)49-44-39-34-29-26-23-20-18-17-19-22-25-28-32-37-42-47-54(2)3/h54-56H,6-53H2,1-5H3/t56-/m0/s1. The van der Waals surface area contributed by atoms with E-state index in [1.807, 2.05) is 0 Å². The van der Waals surface area contributed by atoms with Crippen molar-refractivity contribution in [1.82, 2.24) is 0 Å². The third kappa shape index (κ3) is 53.2. The first-order valence-corrected chi connectivity index (χ1v) is 29.2. The fraction of sp³-hybridized carbons (Fsp3) is 0.949. The molecular weight excluding hydrogens is 805 g/mol. The summed E-state index contributed by atoms with van der Waals surface area (Å²) in [5.74, 6) is 0.792. The summed E-state index contributed by atoms with van der Waals surface area (Å²) >= 11 is 0. The zero-order valence-corrected chi connectivity index (χ0v) is 44.6. The van der Waals surface area contributed by atoms with E-state index in [0.717, 1.165) is 69.6 Å². The van der Waals surface area contributed by atoms with Gasteiger partial charge in [-0.2, -0.15) is 0 Å². The van der Waals surface area contributed by atoms with Crippen LogP contribution in [0.2, 0.25) is 0 Å². The van der Waals surface area contributed by atoms with Crippen LogP contribution in [0.4, 0.5) is 0 Å². The first-order chi connectivity index (χ1) is 31.7. The van der Waals surface area contributed by atoms with Gasteiger partial charge in [-0.3, -0.25) is 14.4 Å². The normalized spacial score (nSPS) is 12.0. The molecule has 386 valence electrons. The van der Waals surface area contributed by atoms with Gasteiger partial charge in [-0.1, -0.05) is 291 Å². The van der Waals surface area contributed by atoms with E-state index in [9.17, 15) is 14.4 Å². The fourth-order valence-electron chi connectivity index (χ4n) is 9.05. The van der Waals surface area contributed by atoms with Gasteiger partial charge in [0.2, 0.25) is 0 Å². The molecule has 0 fully saturated rings. The second-order valence-corrected chi connectivity index (χ2v) is 21.2. The van der Waals surface area contributed by atoms with Crippen molar-refractivity contribution in [3.05, 3.63) is 0 Å². The van der Waals surface area contributed by atoms with Gasteiger partial charge >= 0.3 is 17.9 Å². The Labute approximate surface area is 406 Å². The summed E-state index contributed by atoms with van der Waals surface area (Å²) in [6.07, 6.45) is 55.4. The predicted molar refractivity (Wildman–Crippen MR) is 280 cm³/mol. The maximum absolute atomic E-state index is 12.8. The molecule has 0 spiro atoms. The van der Waals surface area contributed by atoms with Crippen molar-refractivity contribution < 1.29 is 28.6 Å². The van der Waals surface area contributed by atoms with E-state index in [1.54, 1.807) is 0 Å². The molecule has 65 heavy (non-hydrogen) atoms. The number of unbranched alkanes of at least 4 members (excludes halogenated alkanes) is 38. The molecule has 0 heterocycles. The predicted octanol–water partition coefficient (Wildman–Crippen LogP) is 19.3. The van der Waals surface area contributed by atoms with E-state index in [4.69, 9.17) is 14.2 Å². The van der Waals surface area contributed by atoms with Gasteiger partial charge in [-0.05, 0) is 31.1 Å².